The van der Waals surface area contributed by atoms with Crippen molar-refractivity contribution in [2.45, 2.75) is 27.3 Å². The topological polar surface area (TPSA) is 142 Å². The lowest BCUT2D eigenvalue weighted by molar-refractivity contribution is -0.136. The highest BCUT2D eigenvalue weighted by atomic mass is 35.5. The van der Waals surface area contributed by atoms with E-state index in [9.17, 15) is 19.2 Å². The largest absolute Gasteiger partial charge is 0.458 e. The van der Waals surface area contributed by atoms with Gasteiger partial charge in [0, 0.05) is 16.4 Å². The molecular formula is C25H24ClN5O5. The molecule has 3 aromatic rings. The third kappa shape index (κ3) is 7.28. The van der Waals surface area contributed by atoms with Crippen LogP contribution in [0, 0.1) is 20.8 Å². The summed E-state index contributed by atoms with van der Waals surface area (Å²) in [6.45, 7) is 5.58. The molecule has 0 atom stereocenters. The van der Waals surface area contributed by atoms with E-state index in [1.165, 1.54) is 12.3 Å². The second-order valence-corrected chi connectivity index (χ2v) is 8.29. The van der Waals surface area contributed by atoms with Crippen LogP contribution >= 0.6 is 11.6 Å². The minimum absolute atomic E-state index is 0.0409. The number of hydrazone groups is 1. The molecule has 0 radical (unpaired) electrons. The second-order valence-electron chi connectivity index (χ2n) is 7.85. The number of aryl methyl sites for hydroxylation is 3. The van der Waals surface area contributed by atoms with Gasteiger partial charge < -0.3 is 20.4 Å². The van der Waals surface area contributed by atoms with E-state index in [1.54, 1.807) is 43.3 Å². The minimum Gasteiger partial charge on any atom is -0.458 e. The van der Waals surface area contributed by atoms with Crippen molar-refractivity contribution in [3.8, 4) is 0 Å². The summed E-state index contributed by atoms with van der Waals surface area (Å²) in [5.41, 5.74) is 5.83. The zero-order valence-electron chi connectivity index (χ0n) is 19.8. The van der Waals surface area contributed by atoms with Crippen molar-refractivity contribution in [1.82, 2.24) is 10.7 Å². The number of anilines is 2. The van der Waals surface area contributed by atoms with Gasteiger partial charge in [-0.25, -0.2) is 5.43 Å². The Bertz CT molecular complexity index is 1350. The van der Waals surface area contributed by atoms with Crippen molar-refractivity contribution in [1.29, 1.82) is 0 Å². The normalized spacial score (nSPS) is 10.7. The molecule has 0 fully saturated rings. The zero-order valence-corrected chi connectivity index (χ0v) is 20.5. The quantitative estimate of drug-likeness (QED) is 0.229. The second kappa shape index (κ2) is 11.8. The van der Waals surface area contributed by atoms with Crippen molar-refractivity contribution in [2.24, 2.45) is 5.10 Å². The molecule has 0 aliphatic rings. The number of furan rings is 1. The third-order valence-electron chi connectivity index (χ3n) is 5.09. The molecule has 0 saturated carbocycles. The molecule has 186 valence electrons. The molecule has 2 aromatic carbocycles. The summed E-state index contributed by atoms with van der Waals surface area (Å²) in [5, 5.41) is 11.6. The summed E-state index contributed by atoms with van der Waals surface area (Å²) in [7, 11) is 0. The van der Waals surface area contributed by atoms with Gasteiger partial charge in [-0.3, -0.25) is 19.2 Å². The molecule has 0 aliphatic carbocycles. The summed E-state index contributed by atoms with van der Waals surface area (Å²) >= 11 is 5.90. The van der Waals surface area contributed by atoms with E-state index in [2.05, 4.69) is 26.5 Å². The molecule has 0 aliphatic heterocycles. The van der Waals surface area contributed by atoms with Gasteiger partial charge >= 0.3 is 23.6 Å². The Morgan fingerprint density at radius 3 is 2.31 bits per heavy atom. The molecule has 3 rings (SSSR count). The number of rotatable bonds is 6. The lowest BCUT2D eigenvalue weighted by atomic mass is 10.1. The molecule has 1 heterocycles. The van der Waals surface area contributed by atoms with Crippen molar-refractivity contribution < 1.29 is 23.6 Å². The molecular weight excluding hydrogens is 486 g/mol. The van der Waals surface area contributed by atoms with Gasteiger partial charge in [0.15, 0.2) is 0 Å². The maximum atomic E-state index is 12.1. The molecule has 0 spiro atoms. The first-order valence-corrected chi connectivity index (χ1v) is 11.2. The van der Waals surface area contributed by atoms with Gasteiger partial charge in [-0.15, -0.1) is 0 Å². The van der Waals surface area contributed by atoms with Crippen LogP contribution < -0.4 is 21.4 Å². The van der Waals surface area contributed by atoms with Gasteiger partial charge in [-0.1, -0.05) is 23.7 Å². The Morgan fingerprint density at radius 2 is 1.56 bits per heavy atom. The Labute approximate surface area is 212 Å². The maximum absolute atomic E-state index is 12.1. The van der Waals surface area contributed by atoms with Crippen LogP contribution in [0.15, 0.2) is 58.0 Å². The monoisotopic (exact) mass is 509 g/mol. The van der Waals surface area contributed by atoms with Gasteiger partial charge in [0.05, 0.1) is 12.8 Å². The highest BCUT2D eigenvalue weighted by Gasteiger charge is 2.16. The molecule has 0 unspecified atom stereocenters. The molecule has 0 saturated heterocycles. The average Bonchev–Trinajstić information content (AvgIpc) is 3.29. The molecule has 4 N–H and O–H groups in total. The van der Waals surface area contributed by atoms with Crippen LogP contribution in [0.5, 0.6) is 0 Å². The predicted octanol–water partition coefficient (Wildman–Crippen LogP) is 3.20. The van der Waals surface area contributed by atoms with Crippen LogP contribution in [0.3, 0.4) is 0 Å². The van der Waals surface area contributed by atoms with Gasteiger partial charge in [0.25, 0.3) is 0 Å². The first-order chi connectivity index (χ1) is 17.1. The van der Waals surface area contributed by atoms with E-state index in [0.29, 0.717) is 22.2 Å². The average molecular weight is 510 g/mol. The van der Waals surface area contributed by atoms with Gasteiger partial charge in [0.1, 0.15) is 11.5 Å². The SMILES string of the molecule is Cc1ccc(NC(=O)C(=O)NCc2ccc(/C=N\NC(=O)C(=O)Nc3cc(Cl)ccc3C)o2)cc1C. The Hall–Kier alpha value is -4.44. The van der Waals surface area contributed by atoms with Crippen LogP contribution in [0.4, 0.5) is 11.4 Å². The van der Waals surface area contributed by atoms with E-state index in [4.69, 9.17) is 16.0 Å². The fourth-order valence-corrected chi connectivity index (χ4v) is 3.10. The number of carbonyl (C=O) groups excluding carboxylic acids is 4. The standard InChI is InChI=1S/C25H24ClN5O5/c1-14-5-7-18(10-16(14)3)29-23(33)22(32)27-12-19-8-9-20(36-19)13-28-31-25(35)24(34)30-21-11-17(26)6-4-15(21)2/h4-11,13H,12H2,1-3H3,(H,27,32)(H,29,33)(H,30,34)(H,31,35)/b28-13-. The summed E-state index contributed by atoms with van der Waals surface area (Å²) in [6.07, 6.45) is 1.19. The van der Waals surface area contributed by atoms with Gasteiger partial charge in [-0.05, 0) is 73.9 Å². The lowest BCUT2D eigenvalue weighted by Crippen LogP contribution is -2.34. The van der Waals surface area contributed by atoms with Crippen LogP contribution in [0.2, 0.25) is 5.02 Å². The number of amides is 4. The summed E-state index contributed by atoms with van der Waals surface area (Å²) in [4.78, 5) is 48.2. The summed E-state index contributed by atoms with van der Waals surface area (Å²) in [5.74, 6) is -2.93. The molecule has 4 amide bonds. The number of hydrogen-bond acceptors (Lipinski definition) is 6. The van der Waals surface area contributed by atoms with Crippen LogP contribution in [-0.4, -0.2) is 29.8 Å². The van der Waals surface area contributed by atoms with E-state index < -0.39 is 23.6 Å². The Kier molecular flexibility index (Phi) is 8.58. The van der Waals surface area contributed by atoms with Gasteiger partial charge in [-0.2, -0.15) is 5.10 Å². The molecule has 10 nitrogen and oxygen atoms in total. The fraction of sp³-hybridized carbons (Fsp3) is 0.160. The van der Waals surface area contributed by atoms with E-state index in [1.807, 2.05) is 19.9 Å². The van der Waals surface area contributed by atoms with E-state index >= 15 is 0 Å². The summed E-state index contributed by atoms with van der Waals surface area (Å²) in [6, 6.07) is 13.4. The Balaban J connectivity index is 1.45. The van der Waals surface area contributed by atoms with Crippen LogP contribution in [0.25, 0.3) is 0 Å². The van der Waals surface area contributed by atoms with Crippen molar-refractivity contribution >= 4 is 52.8 Å². The number of benzene rings is 2. The number of nitrogens with one attached hydrogen (secondary N) is 4. The third-order valence-corrected chi connectivity index (χ3v) is 5.32. The number of hydrogen-bond donors (Lipinski definition) is 4. The molecule has 36 heavy (non-hydrogen) atoms. The molecule has 0 bridgehead atoms. The number of carbonyl (C=O) groups is 4. The van der Waals surface area contributed by atoms with Crippen molar-refractivity contribution in [3.63, 3.8) is 0 Å². The first kappa shape index (κ1) is 26.2. The molecule has 11 heteroatoms. The molecule has 1 aromatic heterocycles. The Morgan fingerprint density at radius 1 is 0.833 bits per heavy atom. The van der Waals surface area contributed by atoms with Crippen molar-refractivity contribution in [2.75, 3.05) is 10.6 Å². The summed E-state index contributed by atoms with van der Waals surface area (Å²) < 4.78 is 5.47. The zero-order chi connectivity index (χ0) is 26.2. The van der Waals surface area contributed by atoms with Gasteiger partial charge in [0.2, 0.25) is 0 Å². The van der Waals surface area contributed by atoms with E-state index in [0.717, 1.165) is 16.7 Å². The highest BCUT2D eigenvalue weighted by molar-refractivity contribution is 6.40. The van der Waals surface area contributed by atoms with E-state index in [-0.39, 0.29) is 12.3 Å². The predicted molar refractivity (Wildman–Crippen MR) is 136 cm³/mol. The fourth-order valence-electron chi connectivity index (χ4n) is 2.93. The maximum Gasteiger partial charge on any atom is 0.329 e. The lowest BCUT2D eigenvalue weighted by Gasteiger charge is -2.07. The first-order valence-electron chi connectivity index (χ1n) is 10.8. The minimum atomic E-state index is -0.987. The number of halogens is 1. The number of nitrogens with zero attached hydrogens (tertiary/aromatic N) is 1. The highest BCUT2D eigenvalue weighted by Crippen LogP contribution is 2.20. The van der Waals surface area contributed by atoms with Crippen LogP contribution in [-0.2, 0) is 25.7 Å². The van der Waals surface area contributed by atoms with Crippen LogP contribution in [0.1, 0.15) is 28.2 Å². The smallest absolute Gasteiger partial charge is 0.329 e. The van der Waals surface area contributed by atoms with Crippen molar-refractivity contribution in [3.05, 3.63) is 81.8 Å².